The number of allylic oxidation sites excluding steroid dienone is 2. The van der Waals surface area contributed by atoms with E-state index >= 15 is 0 Å². The van der Waals surface area contributed by atoms with Crippen molar-refractivity contribution in [3.05, 3.63) is 47.5 Å². The zero-order valence-corrected chi connectivity index (χ0v) is 7.59. The lowest BCUT2D eigenvalue weighted by atomic mass is 10.2. The first kappa shape index (κ1) is 8.13. The van der Waals surface area contributed by atoms with Crippen LogP contribution in [0.4, 0.5) is 0 Å². The van der Waals surface area contributed by atoms with Gasteiger partial charge >= 0.3 is 0 Å². The lowest BCUT2D eigenvalue weighted by molar-refractivity contribution is 0.919. The molecule has 2 rings (SSSR count). The van der Waals surface area contributed by atoms with Crippen LogP contribution in [0.1, 0.15) is 24.8 Å². The van der Waals surface area contributed by atoms with Gasteiger partial charge in [-0.15, -0.1) is 0 Å². The predicted molar refractivity (Wildman–Crippen MR) is 55.3 cm³/mol. The van der Waals surface area contributed by atoms with Crippen LogP contribution in [0.15, 0.2) is 42.0 Å². The van der Waals surface area contributed by atoms with Gasteiger partial charge < -0.3 is 0 Å². The summed E-state index contributed by atoms with van der Waals surface area (Å²) in [5.74, 6) is 6.38. The first-order chi connectivity index (χ1) is 6.45. The van der Waals surface area contributed by atoms with Crippen molar-refractivity contribution < 1.29 is 0 Å². The van der Waals surface area contributed by atoms with Gasteiger partial charge in [0.15, 0.2) is 0 Å². The van der Waals surface area contributed by atoms with Crippen molar-refractivity contribution in [1.29, 1.82) is 0 Å². The summed E-state index contributed by atoms with van der Waals surface area (Å²) in [5, 5.41) is 0. The number of benzene rings is 1. The fourth-order valence-corrected chi connectivity index (χ4v) is 1.46. The molecule has 0 saturated heterocycles. The Morgan fingerprint density at radius 2 is 1.85 bits per heavy atom. The van der Waals surface area contributed by atoms with Gasteiger partial charge in [-0.25, -0.2) is 0 Å². The van der Waals surface area contributed by atoms with E-state index in [2.05, 4.69) is 17.9 Å². The van der Waals surface area contributed by atoms with Gasteiger partial charge in [0, 0.05) is 5.56 Å². The summed E-state index contributed by atoms with van der Waals surface area (Å²) >= 11 is 0. The van der Waals surface area contributed by atoms with Gasteiger partial charge in [-0.1, -0.05) is 36.1 Å². The van der Waals surface area contributed by atoms with E-state index in [1.807, 2.05) is 30.3 Å². The minimum atomic E-state index is 1.11. The number of hydrogen-bond donors (Lipinski definition) is 0. The Balaban J connectivity index is 2.12. The molecule has 1 aliphatic rings. The molecule has 64 valence electrons. The monoisotopic (exact) mass is 168 g/mol. The molecule has 0 fully saturated rings. The molecule has 1 aromatic carbocycles. The first-order valence-corrected chi connectivity index (χ1v) is 4.71. The van der Waals surface area contributed by atoms with Crippen LogP contribution in [0.2, 0.25) is 0 Å². The maximum Gasteiger partial charge on any atom is 0.0248 e. The van der Waals surface area contributed by atoms with Crippen LogP contribution in [0, 0.1) is 11.8 Å². The summed E-state index contributed by atoms with van der Waals surface area (Å²) in [6, 6.07) is 10.1. The molecular weight excluding hydrogens is 156 g/mol. The zero-order chi connectivity index (χ0) is 8.93. The Bertz CT molecular complexity index is 360. The second-order valence-corrected chi connectivity index (χ2v) is 3.24. The lowest BCUT2D eigenvalue weighted by Gasteiger charge is -1.87. The van der Waals surface area contributed by atoms with Crippen molar-refractivity contribution in [2.45, 2.75) is 19.3 Å². The fraction of sp³-hybridized carbons (Fsp3) is 0.231. The molecule has 1 aromatic rings. The Hall–Kier alpha value is -1.48. The van der Waals surface area contributed by atoms with Crippen LogP contribution < -0.4 is 0 Å². The van der Waals surface area contributed by atoms with Crippen molar-refractivity contribution in [3.63, 3.8) is 0 Å². The molecule has 0 aliphatic heterocycles. The van der Waals surface area contributed by atoms with E-state index in [1.165, 1.54) is 24.8 Å². The van der Waals surface area contributed by atoms with E-state index in [0.29, 0.717) is 0 Å². The van der Waals surface area contributed by atoms with Gasteiger partial charge in [-0.2, -0.15) is 0 Å². The predicted octanol–water partition coefficient (Wildman–Crippen LogP) is 3.15. The third-order valence-electron chi connectivity index (χ3n) is 2.18. The van der Waals surface area contributed by atoms with Crippen molar-refractivity contribution in [2.24, 2.45) is 0 Å². The third kappa shape index (κ3) is 2.23. The second-order valence-electron chi connectivity index (χ2n) is 3.24. The molecule has 0 atom stereocenters. The highest BCUT2D eigenvalue weighted by Gasteiger charge is 1.99. The smallest absolute Gasteiger partial charge is 0.0248 e. The van der Waals surface area contributed by atoms with E-state index in [-0.39, 0.29) is 0 Å². The molecule has 0 amide bonds. The highest BCUT2D eigenvalue weighted by Crippen LogP contribution is 2.16. The molecule has 0 bridgehead atoms. The molecule has 0 unspecified atom stereocenters. The fourth-order valence-electron chi connectivity index (χ4n) is 1.46. The Morgan fingerprint density at radius 1 is 1.00 bits per heavy atom. The van der Waals surface area contributed by atoms with E-state index in [9.17, 15) is 0 Å². The molecule has 0 radical (unpaired) electrons. The largest absolute Gasteiger partial charge is 0.0729 e. The molecule has 0 heteroatoms. The second kappa shape index (κ2) is 3.96. The highest BCUT2D eigenvalue weighted by atomic mass is 14.0. The van der Waals surface area contributed by atoms with Gasteiger partial charge in [-0.05, 0) is 37.0 Å². The molecule has 0 spiro atoms. The lowest BCUT2D eigenvalue weighted by Crippen LogP contribution is -1.73. The summed E-state index contributed by atoms with van der Waals surface area (Å²) in [4.78, 5) is 0. The van der Waals surface area contributed by atoms with Gasteiger partial charge in [0.05, 0.1) is 0 Å². The van der Waals surface area contributed by atoms with Gasteiger partial charge in [0.2, 0.25) is 0 Å². The van der Waals surface area contributed by atoms with E-state index in [4.69, 9.17) is 0 Å². The number of hydrogen-bond acceptors (Lipinski definition) is 0. The minimum absolute atomic E-state index is 1.11. The van der Waals surface area contributed by atoms with Crippen molar-refractivity contribution in [1.82, 2.24) is 0 Å². The summed E-state index contributed by atoms with van der Waals surface area (Å²) in [5.41, 5.74) is 2.42. The standard InChI is InChI=1S/C13H12/c1-2-6-12(7-3-1)10-11-13-8-4-5-9-13/h1-3,6-8H,4-5,9H2. The average Bonchev–Trinajstić information content (AvgIpc) is 2.69. The first-order valence-electron chi connectivity index (χ1n) is 4.71. The highest BCUT2D eigenvalue weighted by molar-refractivity contribution is 5.41. The van der Waals surface area contributed by atoms with E-state index in [0.717, 1.165) is 5.56 Å². The van der Waals surface area contributed by atoms with E-state index in [1.54, 1.807) is 0 Å². The molecule has 0 nitrogen and oxygen atoms in total. The zero-order valence-electron chi connectivity index (χ0n) is 7.59. The van der Waals surface area contributed by atoms with Gasteiger partial charge in [0.25, 0.3) is 0 Å². The Labute approximate surface area is 79.3 Å². The average molecular weight is 168 g/mol. The van der Waals surface area contributed by atoms with Gasteiger partial charge in [-0.3, -0.25) is 0 Å². The third-order valence-corrected chi connectivity index (χ3v) is 2.18. The van der Waals surface area contributed by atoms with Crippen LogP contribution in [-0.4, -0.2) is 0 Å². The normalized spacial score (nSPS) is 14.6. The Kier molecular flexibility index (Phi) is 2.48. The van der Waals surface area contributed by atoms with Crippen LogP contribution in [-0.2, 0) is 0 Å². The quantitative estimate of drug-likeness (QED) is 0.522. The molecule has 1 aliphatic carbocycles. The topological polar surface area (TPSA) is 0 Å². The van der Waals surface area contributed by atoms with Crippen LogP contribution in [0.5, 0.6) is 0 Å². The van der Waals surface area contributed by atoms with Crippen LogP contribution in [0.3, 0.4) is 0 Å². The van der Waals surface area contributed by atoms with Crippen molar-refractivity contribution in [2.75, 3.05) is 0 Å². The number of rotatable bonds is 0. The van der Waals surface area contributed by atoms with Crippen LogP contribution >= 0.6 is 0 Å². The SMILES string of the molecule is C(#Cc1ccccc1)C1=CCCC1. The maximum atomic E-state index is 3.21. The molecule has 0 aromatic heterocycles. The molecule has 13 heavy (non-hydrogen) atoms. The molecule has 0 saturated carbocycles. The van der Waals surface area contributed by atoms with Gasteiger partial charge in [0.1, 0.15) is 0 Å². The van der Waals surface area contributed by atoms with Crippen LogP contribution in [0.25, 0.3) is 0 Å². The van der Waals surface area contributed by atoms with Crippen molar-refractivity contribution >= 4 is 0 Å². The summed E-state index contributed by atoms with van der Waals surface area (Å²) in [6.45, 7) is 0. The molecule has 0 heterocycles. The Morgan fingerprint density at radius 3 is 2.54 bits per heavy atom. The summed E-state index contributed by atoms with van der Waals surface area (Å²) < 4.78 is 0. The van der Waals surface area contributed by atoms with Crippen molar-refractivity contribution in [3.8, 4) is 11.8 Å². The summed E-state index contributed by atoms with van der Waals surface area (Å²) in [6.07, 6.45) is 5.90. The minimum Gasteiger partial charge on any atom is -0.0729 e. The molecule has 0 N–H and O–H groups in total. The summed E-state index contributed by atoms with van der Waals surface area (Å²) in [7, 11) is 0. The van der Waals surface area contributed by atoms with E-state index < -0.39 is 0 Å². The maximum absolute atomic E-state index is 3.21. The molecular formula is C13H12.